The third-order valence-electron chi connectivity index (χ3n) is 6.21. The molecule has 2 aromatic rings. The molecule has 0 saturated carbocycles. The molecular formula is C28H37N3O7. The molecule has 0 aliphatic heterocycles. The van der Waals surface area contributed by atoms with Crippen LogP contribution in [0.2, 0.25) is 0 Å². The van der Waals surface area contributed by atoms with Crippen molar-refractivity contribution in [2.75, 3.05) is 50.7 Å². The van der Waals surface area contributed by atoms with Gasteiger partial charge in [-0.25, -0.2) is 4.79 Å². The van der Waals surface area contributed by atoms with E-state index in [-0.39, 0.29) is 50.3 Å². The van der Waals surface area contributed by atoms with Crippen molar-refractivity contribution >= 4 is 29.3 Å². The zero-order chi connectivity index (χ0) is 27.5. The Labute approximate surface area is 223 Å². The van der Waals surface area contributed by atoms with Crippen molar-refractivity contribution in [3.05, 3.63) is 47.5 Å². The first-order valence-electron chi connectivity index (χ1n) is 12.9. The van der Waals surface area contributed by atoms with Gasteiger partial charge in [0.1, 0.15) is 19.8 Å². The summed E-state index contributed by atoms with van der Waals surface area (Å²) in [4.78, 5) is 36.6. The zero-order valence-corrected chi connectivity index (χ0v) is 22.2. The number of aliphatic hydroxyl groups excluding tert-OH is 1. The smallest absolute Gasteiger partial charge is 0.406 e. The lowest BCUT2D eigenvalue weighted by atomic mass is 9.97. The second-order valence-corrected chi connectivity index (χ2v) is 9.14. The number of carbonyl (C=O) groups is 3. The fourth-order valence-electron chi connectivity index (χ4n) is 4.21. The zero-order valence-electron chi connectivity index (χ0n) is 22.2. The summed E-state index contributed by atoms with van der Waals surface area (Å²) in [6, 6.07) is 11.2. The number of fused-ring (bicyclic) bond motifs is 3. The number of nitrogens with one attached hydrogen (secondary N) is 3. The molecule has 2 unspecified atom stereocenters. The second-order valence-electron chi connectivity index (χ2n) is 9.14. The van der Waals surface area contributed by atoms with Crippen molar-refractivity contribution in [3.8, 4) is 11.1 Å². The highest BCUT2D eigenvalue weighted by Crippen LogP contribution is 2.46. The standard InChI is InChI=1S/C28H37N3O7/c1-4-5-12-36-16-26(33)30-19-6-8-21-22-9-7-20(31-27(34)17-37-18(2)10-11-32)14-24(22)25(23(21)13-19)15-38-28(35)29-3/h6-9,13-14,18,25,32H,4-5,10-12,15-17H2,1-3H3,(H,29,35)(H,30,33)(H,31,34). The number of carbonyl (C=O) groups excluding carboxylic acids is 3. The molecule has 0 bridgehead atoms. The van der Waals surface area contributed by atoms with Crippen molar-refractivity contribution in [2.45, 2.75) is 45.1 Å². The van der Waals surface area contributed by atoms with Gasteiger partial charge in [0.25, 0.3) is 0 Å². The van der Waals surface area contributed by atoms with Crippen LogP contribution in [0.3, 0.4) is 0 Å². The Hall–Kier alpha value is -3.47. The average Bonchev–Trinajstić information content (AvgIpc) is 3.20. The first kappa shape index (κ1) is 29.1. The van der Waals surface area contributed by atoms with Crippen LogP contribution in [-0.2, 0) is 23.8 Å². The summed E-state index contributed by atoms with van der Waals surface area (Å²) >= 11 is 0. The van der Waals surface area contributed by atoms with Crippen LogP contribution >= 0.6 is 0 Å². The number of rotatable bonds is 14. The summed E-state index contributed by atoms with van der Waals surface area (Å²) in [6.07, 6.45) is 1.56. The van der Waals surface area contributed by atoms with Crippen molar-refractivity contribution in [2.24, 2.45) is 0 Å². The quantitative estimate of drug-likeness (QED) is 0.276. The van der Waals surface area contributed by atoms with E-state index in [0.29, 0.717) is 24.4 Å². The number of ether oxygens (including phenoxy) is 3. The van der Waals surface area contributed by atoms with Crippen molar-refractivity contribution < 1.29 is 33.7 Å². The van der Waals surface area contributed by atoms with E-state index in [2.05, 4.69) is 22.9 Å². The number of alkyl carbamates (subject to hydrolysis) is 1. The summed E-state index contributed by atoms with van der Waals surface area (Å²) in [7, 11) is 1.49. The molecular weight excluding hydrogens is 490 g/mol. The molecule has 10 heteroatoms. The number of benzene rings is 2. The summed E-state index contributed by atoms with van der Waals surface area (Å²) < 4.78 is 16.3. The monoisotopic (exact) mass is 527 g/mol. The predicted octanol–water partition coefficient (Wildman–Crippen LogP) is 3.64. The Morgan fingerprint density at radius 2 is 1.58 bits per heavy atom. The Balaban J connectivity index is 1.77. The first-order chi connectivity index (χ1) is 18.4. The van der Waals surface area contributed by atoms with E-state index in [9.17, 15) is 14.4 Å². The number of hydrogen-bond acceptors (Lipinski definition) is 7. The summed E-state index contributed by atoms with van der Waals surface area (Å²) in [5.74, 6) is -0.850. The van der Waals surface area contributed by atoms with E-state index < -0.39 is 6.09 Å². The fraction of sp³-hybridized carbons (Fsp3) is 0.464. The van der Waals surface area contributed by atoms with E-state index in [0.717, 1.165) is 35.1 Å². The maximum Gasteiger partial charge on any atom is 0.406 e. The van der Waals surface area contributed by atoms with E-state index in [1.807, 2.05) is 36.4 Å². The molecule has 0 saturated heterocycles. The highest BCUT2D eigenvalue weighted by molar-refractivity contribution is 5.94. The number of aliphatic hydroxyl groups is 1. The summed E-state index contributed by atoms with van der Waals surface area (Å²) in [6.45, 7) is 4.31. The SMILES string of the molecule is CCCCOCC(=O)Nc1ccc2c(c1)C(COC(=O)NC)c1cc(NC(=O)COC(C)CCO)ccc1-2. The second kappa shape index (κ2) is 14.5. The molecule has 0 aromatic heterocycles. The molecule has 10 nitrogen and oxygen atoms in total. The van der Waals surface area contributed by atoms with E-state index in [4.69, 9.17) is 19.3 Å². The lowest BCUT2D eigenvalue weighted by Gasteiger charge is -2.16. The molecule has 0 spiro atoms. The van der Waals surface area contributed by atoms with Gasteiger partial charge in [-0.1, -0.05) is 25.5 Å². The van der Waals surface area contributed by atoms with E-state index in [1.54, 1.807) is 6.92 Å². The van der Waals surface area contributed by atoms with Crippen LogP contribution in [0.25, 0.3) is 11.1 Å². The van der Waals surface area contributed by atoms with Gasteiger partial charge in [-0.15, -0.1) is 0 Å². The normalized spacial score (nSPS) is 14.3. The van der Waals surface area contributed by atoms with Crippen molar-refractivity contribution in [3.63, 3.8) is 0 Å². The van der Waals surface area contributed by atoms with Crippen LogP contribution in [0.5, 0.6) is 0 Å². The third-order valence-corrected chi connectivity index (χ3v) is 6.21. The van der Waals surface area contributed by atoms with Crippen LogP contribution in [0.1, 0.15) is 50.2 Å². The number of anilines is 2. The first-order valence-corrected chi connectivity index (χ1v) is 12.9. The Bertz CT molecular complexity index is 1120. The minimum Gasteiger partial charge on any atom is -0.449 e. The molecule has 0 heterocycles. The van der Waals surface area contributed by atoms with Crippen molar-refractivity contribution in [1.29, 1.82) is 0 Å². The molecule has 0 radical (unpaired) electrons. The molecule has 4 N–H and O–H groups in total. The molecule has 1 aliphatic carbocycles. The molecule has 3 rings (SSSR count). The van der Waals surface area contributed by atoms with Crippen LogP contribution in [0.4, 0.5) is 16.2 Å². The molecule has 3 amide bonds. The van der Waals surface area contributed by atoms with Gasteiger partial charge >= 0.3 is 6.09 Å². The highest BCUT2D eigenvalue weighted by atomic mass is 16.5. The van der Waals surface area contributed by atoms with Crippen molar-refractivity contribution in [1.82, 2.24) is 5.32 Å². The number of hydrogen-bond donors (Lipinski definition) is 4. The Kier molecular flexibility index (Phi) is 11.1. The predicted molar refractivity (Wildman–Crippen MR) is 144 cm³/mol. The van der Waals surface area contributed by atoms with Crippen LogP contribution in [-0.4, -0.2) is 69.2 Å². The Morgan fingerprint density at radius 1 is 0.974 bits per heavy atom. The highest BCUT2D eigenvalue weighted by Gasteiger charge is 2.30. The largest absolute Gasteiger partial charge is 0.449 e. The maximum atomic E-state index is 12.4. The van der Waals surface area contributed by atoms with Gasteiger partial charge in [0.15, 0.2) is 0 Å². The lowest BCUT2D eigenvalue weighted by Crippen LogP contribution is -2.23. The van der Waals surface area contributed by atoms with E-state index >= 15 is 0 Å². The summed E-state index contributed by atoms with van der Waals surface area (Å²) in [5, 5.41) is 17.2. The van der Waals surface area contributed by atoms with Gasteiger partial charge in [-0.05, 0) is 66.3 Å². The number of amides is 3. The van der Waals surface area contributed by atoms with Gasteiger partial charge in [0, 0.05) is 37.6 Å². The molecule has 206 valence electrons. The molecule has 2 atom stereocenters. The van der Waals surface area contributed by atoms with E-state index in [1.165, 1.54) is 7.05 Å². The van der Waals surface area contributed by atoms with Crippen LogP contribution in [0, 0.1) is 0 Å². The summed E-state index contributed by atoms with van der Waals surface area (Å²) in [5.41, 5.74) is 4.91. The number of unbranched alkanes of at least 4 members (excludes halogenated alkanes) is 1. The van der Waals surface area contributed by atoms with Gasteiger partial charge in [0.2, 0.25) is 11.8 Å². The third kappa shape index (κ3) is 8.01. The van der Waals surface area contributed by atoms with Gasteiger partial charge in [-0.3, -0.25) is 9.59 Å². The minimum absolute atomic E-state index is 0.00812. The Morgan fingerprint density at radius 3 is 2.13 bits per heavy atom. The van der Waals surface area contributed by atoms with Crippen LogP contribution in [0.15, 0.2) is 36.4 Å². The minimum atomic E-state index is -0.549. The fourth-order valence-corrected chi connectivity index (χ4v) is 4.21. The molecule has 0 fully saturated rings. The average molecular weight is 528 g/mol. The van der Waals surface area contributed by atoms with Crippen LogP contribution < -0.4 is 16.0 Å². The maximum absolute atomic E-state index is 12.4. The molecule has 1 aliphatic rings. The lowest BCUT2D eigenvalue weighted by molar-refractivity contribution is -0.122. The van der Waals surface area contributed by atoms with Gasteiger partial charge in [0.05, 0.1) is 6.10 Å². The van der Waals surface area contributed by atoms with Gasteiger partial charge < -0.3 is 35.3 Å². The topological polar surface area (TPSA) is 135 Å². The van der Waals surface area contributed by atoms with Gasteiger partial charge in [-0.2, -0.15) is 0 Å². The molecule has 2 aromatic carbocycles. The molecule has 38 heavy (non-hydrogen) atoms.